The monoisotopic (exact) mass is 361 g/mol. The third-order valence-electron chi connectivity index (χ3n) is 3.64. The molecule has 0 radical (unpaired) electrons. The van der Waals surface area contributed by atoms with E-state index in [-0.39, 0.29) is 22.6 Å². The zero-order chi connectivity index (χ0) is 19.0. The average molecular weight is 361 g/mol. The van der Waals surface area contributed by atoms with Gasteiger partial charge in [-0.1, -0.05) is 0 Å². The molecule has 0 aliphatic heterocycles. The standard InChI is InChI=1S/C16H12F5NO3/c1-5-9(7(3)23)6(2)22-15(5)16(24)25-4-8-10(17)12(19)14(21)13(20)11(8)18/h22H,4H2,1-3H3. The molecule has 0 spiro atoms. The van der Waals surface area contributed by atoms with Gasteiger partial charge < -0.3 is 9.72 Å². The lowest BCUT2D eigenvalue weighted by Crippen LogP contribution is -2.12. The number of rotatable bonds is 4. The fourth-order valence-corrected chi connectivity index (χ4v) is 2.47. The first-order valence-corrected chi connectivity index (χ1v) is 6.95. The van der Waals surface area contributed by atoms with E-state index >= 15 is 0 Å². The van der Waals surface area contributed by atoms with Crippen LogP contribution in [0, 0.1) is 42.9 Å². The zero-order valence-corrected chi connectivity index (χ0v) is 13.3. The summed E-state index contributed by atoms with van der Waals surface area (Å²) in [6, 6.07) is 0. The van der Waals surface area contributed by atoms with E-state index in [9.17, 15) is 31.5 Å². The average Bonchev–Trinajstić information content (AvgIpc) is 2.85. The number of aromatic nitrogens is 1. The fourth-order valence-electron chi connectivity index (χ4n) is 2.47. The molecule has 0 aliphatic carbocycles. The molecule has 4 nitrogen and oxygen atoms in total. The van der Waals surface area contributed by atoms with Gasteiger partial charge in [-0.25, -0.2) is 26.7 Å². The Morgan fingerprint density at radius 2 is 1.40 bits per heavy atom. The number of hydrogen-bond acceptors (Lipinski definition) is 3. The quantitative estimate of drug-likeness (QED) is 0.296. The Morgan fingerprint density at radius 3 is 1.84 bits per heavy atom. The van der Waals surface area contributed by atoms with E-state index in [1.807, 2.05) is 0 Å². The number of aryl methyl sites for hydroxylation is 1. The fraction of sp³-hybridized carbons (Fsp3) is 0.250. The van der Waals surface area contributed by atoms with Crippen LogP contribution in [0.2, 0.25) is 0 Å². The van der Waals surface area contributed by atoms with Crippen LogP contribution in [-0.2, 0) is 11.3 Å². The van der Waals surface area contributed by atoms with Crippen molar-refractivity contribution in [3.63, 3.8) is 0 Å². The minimum absolute atomic E-state index is 0.147. The summed E-state index contributed by atoms with van der Waals surface area (Å²) in [5, 5.41) is 0. The van der Waals surface area contributed by atoms with Gasteiger partial charge in [0.25, 0.3) is 0 Å². The number of benzene rings is 1. The lowest BCUT2D eigenvalue weighted by Gasteiger charge is -2.09. The van der Waals surface area contributed by atoms with Crippen molar-refractivity contribution < 1.29 is 36.3 Å². The number of halogens is 5. The van der Waals surface area contributed by atoms with Crippen LogP contribution in [0.4, 0.5) is 22.0 Å². The topological polar surface area (TPSA) is 59.2 Å². The SMILES string of the molecule is CC(=O)c1c(C)[nH]c(C(=O)OCc2c(F)c(F)c(F)c(F)c2F)c1C. The van der Waals surface area contributed by atoms with Crippen molar-refractivity contribution in [3.8, 4) is 0 Å². The molecular weight excluding hydrogens is 349 g/mol. The Hall–Kier alpha value is -2.71. The number of esters is 1. The molecular formula is C16H12F5NO3. The highest BCUT2D eigenvalue weighted by Crippen LogP contribution is 2.24. The largest absolute Gasteiger partial charge is 0.456 e. The van der Waals surface area contributed by atoms with E-state index in [0.717, 1.165) is 0 Å². The third kappa shape index (κ3) is 3.13. The van der Waals surface area contributed by atoms with Gasteiger partial charge in [0.05, 0.1) is 5.56 Å². The number of ketones is 1. The van der Waals surface area contributed by atoms with E-state index in [2.05, 4.69) is 9.72 Å². The molecule has 1 heterocycles. The molecule has 1 N–H and O–H groups in total. The van der Waals surface area contributed by atoms with Gasteiger partial charge in [0, 0.05) is 11.3 Å². The van der Waals surface area contributed by atoms with E-state index in [0.29, 0.717) is 5.69 Å². The second-order valence-corrected chi connectivity index (χ2v) is 5.31. The Bertz CT molecular complexity index is 860. The first kappa shape index (κ1) is 18.6. The lowest BCUT2D eigenvalue weighted by molar-refractivity contribution is 0.0455. The number of H-pyrrole nitrogens is 1. The lowest BCUT2D eigenvalue weighted by atomic mass is 10.1. The number of nitrogens with one attached hydrogen (secondary N) is 1. The predicted octanol–water partition coefficient (Wildman–Crippen LogP) is 3.89. The number of hydrogen-bond donors (Lipinski definition) is 1. The van der Waals surface area contributed by atoms with Crippen molar-refractivity contribution >= 4 is 11.8 Å². The smallest absolute Gasteiger partial charge is 0.355 e. The molecule has 0 bridgehead atoms. The summed E-state index contributed by atoms with van der Waals surface area (Å²) in [6.07, 6.45) is 0. The Kier molecular flexibility index (Phi) is 4.96. The van der Waals surface area contributed by atoms with Crippen molar-refractivity contribution in [2.45, 2.75) is 27.4 Å². The molecule has 9 heteroatoms. The summed E-state index contributed by atoms with van der Waals surface area (Å²) >= 11 is 0. The predicted molar refractivity (Wildman–Crippen MR) is 75.6 cm³/mol. The van der Waals surface area contributed by atoms with Gasteiger partial charge in [-0.3, -0.25) is 4.79 Å². The number of aromatic amines is 1. The van der Waals surface area contributed by atoms with Crippen LogP contribution in [0.3, 0.4) is 0 Å². The molecule has 1 aromatic heterocycles. The Labute approximate surface area is 138 Å². The van der Waals surface area contributed by atoms with Crippen molar-refractivity contribution in [1.82, 2.24) is 4.98 Å². The maximum Gasteiger partial charge on any atom is 0.355 e. The van der Waals surface area contributed by atoms with Crippen LogP contribution in [0.5, 0.6) is 0 Å². The molecule has 0 saturated carbocycles. The zero-order valence-electron chi connectivity index (χ0n) is 13.3. The van der Waals surface area contributed by atoms with Gasteiger partial charge >= 0.3 is 5.97 Å². The maximum absolute atomic E-state index is 13.5. The van der Waals surface area contributed by atoms with Crippen LogP contribution in [-0.4, -0.2) is 16.7 Å². The summed E-state index contributed by atoms with van der Waals surface area (Å²) in [5.74, 6) is -12.1. The first-order chi connectivity index (χ1) is 11.6. The van der Waals surface area contributed by atoms with Gasteiger partial charge in [0.2, 0.25) is 5.82 Å². The van der Waals surface area contributed by atoms with Crippen molar-refractivity contribution in [1.29, 1.82) is 0 Å². The molecule has 0 fully saturated rings. The second-order valence-electron chi connectivity index (χ2n) is 5.31. The van der Waals surface area contributed by atoms with E-state index < -0.39 is 47.2 Å². The Morgan fingerprint density at radius 1 is 0.920 bits per heavy atom. The molecule has 25 heavy (non-hydrogen) atoms. The number of Topliss-reactive ketones (excluding diaryl/α,β-unsaturated/α-hetero) is 1. The molecule has 134 valence electrons. The van der Waals surface area contributed by atoms with Crippen LogP contribution in [0.15, 0.2) is 0 Å². The van der Waals surface area contributed by atoms with Gasteiger partial charge in [-0.05, 0) is 26.3 Å². The highest BCUT2D eigenvalue weighted by Gasteiger charge is 2.27. The van der Waals surface area contributed by atoms with E-state index in [4.69, 9.17) is 0 Å². The molecule has 0 saturated heterocycles. The number of carbonyl (C=O) groups is 2. The summed E-state index contributed by atoms with van der Waals surface area (Å²) in [4.78, 5) is 26.1. The van der Waals surface area contributed by atoms with E-state index in [1.165, 1.54) is 20.8 Å². The molecule has 2 aromatic rings. The Balaban J connectivity index is 2.31. The van der Waals surface area contributed by atoms with Crippen LogP contribution in [0.1, 0.15) is 44.6 Å². The minimum Gasteiger partial charge on any atom is -0.456 e. The van der Waals surface area contributed by atoms with Gasteiger partial charge in [0.1, 0.15) is 12.3 Å². The minimum atomic E-state index is -2.30. The maximum atomic E-state index is 13.5. The molecule has 0 unspecified atom stereocenters. The van der Waals surface area contributed by atoms with Gasteiger partial charge in [0.15, 0.2) is 29.1 Å². The number of carbonyl (C=O) groups excluding carboxylic acids is 2. The van der Waals surface area contributed by atoms with Crippen molar-refractivity contribution in [2.75, 3.05) is 0 Å². The van der Waals surface area contributed by atoms with Crippen LogP contribution >= 0.6 is 0 Å². The molecule has 0 atom stereocenters. The molecule has 1 aromatic carbocycles. The molecule has 2 rings (SSSR count). The normalized spacial score (nSPS) is 10.9. The van der Waals surface area contributed by atoms with E-state index in [1.54, 1.807) is 0 Å². The highest BCUT2D eigenvalue weighted by atomic mass is 19.2. The number of ether oxygens (including phenoxy) is 1. The highest BCUT2D eigenvalue weighted by molar-refractivity contribution is 6.01. The second kappa shape index (κ2) is 6.66. The third-order valence-corrected chi connectivity index (χ3v) is 3.64. The van der Waals surface area contributed by atoms with Gasteiger partial charge in [-0.15, -0.1) is 0 Å². The van der Waals surface area contributed by atoms with Crippen LogP contribution in [0.25, 0.3) is 0 Å². The molecule has 0 amide bonds. The summed E-state index contributed by atoms with van der Waals surface area (Å²) in [5.41, 5.74) is -0.521. The molecule has 0 aliphatic rings. The van der Waals surface area contributed by atoms with Crippen molar-refractivity contribution in [3.05, 3.63) is 57.2 Å². The first-order valence-electron chi connectivity index (χ1n) is 6.95. The summed E-state index contributed by atoms with van der Waals surface area (Å²) in [7, 11) is 0. The van der Waals surface area contributed by atoms with Crippen LogP contribution < -0.4 is 0 Å². The summed E-state index contributed by atoms with van der Waals surface area (Å²) in [6.45, 7) is 3.10. The van der Waals surface area contributed by atoms with Crippen molar-refractivity contribution in [2.24, 2.45) is 0 Å². The summed E-state index contributed by atoms with van der Waals surface area (Å²) < 4.78 is 70.9. The van der Waals surface area contributed by atoms with Gasteiger partial charge in [-0.2, -0.15) is 0 Å².